The molecule has 0 aliphatic carbocycles. The molecule has 0 unspecified atom stereocenters. The zero-order valence-corrected chi connectivity index (χ0v) is 16.6. The number of aromatic hydroxyl groups is 1. The van der Waals surface area contributed by atoms with Gasteiger partial charge >= 0.3 is 5.97 Å². The van der Waals surface area contributed by atoms with Crippen LogP contribution in [0.2, 0.25) is 0 Å². The average molecular weight is 394 g/mol. The van der Waals surface area contributed by atoms with Crippen LogP contribution in [0.4, 0.5) is 5.69 Å². The van der Waals surface area contributed by atoms with Crippen molar-refractivity contribution in [2.45, 2.75) is 20.8 Å². The Labute approximate surface area is 167 Å². The Morgan fingerprint density at radius 3 is 2.28 bits per heavy atom. The number of carbonyl (C=O) groups is 2. The summed E-state index contributed by atoms with van der Waals surface area (Å²) in [4.78, 5) is 37.2. The summed E-state index contributed by atoms with van der Waals surface area (Å²) in [6.07, 6.45) is 0. The van der Waals surface area contributed by atoms with Gasteiger partial charge in [0, 0.05) is 18.1 Å². The molecular formula is C22H22N2O5. The summed E-state index contributed by atoms with van der Waals surface area (Å²) in [5, 5.41) is 13.5. The maximum absolute atomic E-state index is 12.7. The second-order valence-corrected chi connectivity index (χ2v) is 7.72. The second-order valence-electron chi connectivity index (χ2n) is 7.72. The van der Waals surface area contributed by atoms with Gasteiger partial charge in [-0.15, -0.1) is 0 Å². The van der Waals surface area contributed by atoms with E-state index in [9.17, 15) is 19.5 Å². The van der Waals surface area contributed by atoms with Gasteiger partial charge in [-0.3, -0.25) is 14.4 Å². The van der Waals surface area contributed by atoms with Gasteiger partial charge < -0.3 is 19.7 Å². The van der Waals surface area contributed by atoms with Crippen LogP contribution in [0.5, 0.6) is 11.5 Å². The zero-order chi connectivity index (χ0) is 21.3. The second kappa shape index (κ2) is 7.43. The van der Waals surface area contributed by atoms with Crippen molar-refractivity contribution in [3.8, 4) is 11.5 Å². The molecule has 29 heavy (non-hydrogen) atoms. The lowest BCUT2D eigenvalue weighted by atomic mass is 9.97. The van der Waals surface area contributed by atoms with Crippen LogP contribution in [-0.2, 0) is 11.8 Å². The molecule has 0 radical (unpaired) electrons. The van der Waals surface area contributed by atoms with Gasteiger partial charge in [0.15, 0.2) is 0 Å². The van der Waals surface area contributed by atoms with E-state index < -0.39 is 16.9 Å². The van der Waals surface area contributed by atoms with Gasteiger partial charge in [-0.2, -0.15) is 0 Å². The molecule has 2 aromatic carbocycles. The predicted octanol–water partition coefficient (Wildman–Crippen LogP) is 3.45. The smallest absolute Gasteiger partial charge is 0.316 e. The van der Waals surface area contributed by atoms with Gasteiger partial charge in [0.2, 0.25) is 0 Å². The Hall–Kier alpha value is -3.61. The van der Waals surface area contributed by atoms with Crippen molar-refractivity contribution >= 4 is 28.5 Å². The first-order valence-electron chi connectivity index (χ1n) is 9.04. The lowest BCUT2D eigenvalue weighted by molar-refractivity contribution is -0.143. The standard InChI is InChI=1S/C22H22N2O5/c1-22(2,3)21(28)29-14-11-9-13(10-12-14)23-19(26)17-18(25)15-7-5-6-8-16(15)24(4)20(17)27/h5-12,25H,1-4H3,(H,23,26). The summed E-state index contributed by atoms with van der Waals surface area (Å²) in [5.41, 5.74) is -0.666. The highest BCUT2D eigenvalue weighted by molar-refractivity contribution is 6.09. The highest BCUT2D eigenvalue weighted by Gasteiger charge is 2.24. The minimum Gasteiger partial charge on any atom is -0.506 e. The van der Waals surface area contributed by atoms with Crippen molar-refractivity contribution in [1.29, 1.82) is 0 Å². The Balaban J connectivity index is 1.86. The van der Waals surface area contributed by atoms with Crippen molar-refractivity contribution < 1.29 is 19.4 Å². The van der Waals surface area contributed by atoms with Crippen molar-refractivity contribution in [1.82, 2.24) is 4.57 Å². The van der Waals surface area contributed by atoms with Gasteiger partial charge in [0.05, 0.1) is 10.9 Å². The fourth-order valence-corrected chi connectivity index (χ4v) is 2.74. The first kappa shape index (κ1) is 20.1. The number of fused-ring (bicyclic) bond motifs is 1. The number of hydrogen-bond donors (Lipinski definition) is 2. The third-order valence-electron chi connectivity index (χ3n) is 4.44. The fraction of sp³-hybridized carbons (Fsp3) is 0.227. The molecule has 1 heterocycles. The molecule has 3 rings (SSSR count). The molecule has 150 valence electrons. The lowest BCUT2D eigenvalue weighted by Gasteiger charge is -2.16. The van der Waals surface area contributed by atoms with Crippen LogP contribution >= 0.6 is 0 Å². The fourth-order valence-electron chi connectivity index (χ4n) is 2.74. The minimum atomic E-state index is -0.728. The number of anilines is 1. The number of esters is 1. The number of aryl methyl sites for hydroxylation is 1. The molecule has 2 N–H and O–H groups in total. The van der Waals surface area contributed by atoms with Crippen LogP contribution in [0.3, 0.4) is 0 Å². The van der Waals surface area contributed by atoms with Crippen LogP contribution in [0.15, 0.2) is 53.3 Å². The van der Waals surface area contributed by atoms with Gasteiger partial charge in [0.25, 0.3) is 11.5 Å². The number of nitrogens with one attached hydrogen (secondary N) is 1. The monoisotopic (exact) mass is 394 g/mol. The van der Waals surface area contributed by atoms with E-state index >= 15 is 0 Å². The lowest BCUT2D eigenvalue weighted by Crippen LogP contribution is -2.28. The van der Waals surface area contributed by atoms with Crippen LogP contribution in [0.1, 0.15) is 31.1 Å². The van der Waals surface area contributed by atoms with E-state index in [4.69, 9.17) is 4.74 Å². The van der Waals surface area contributed by atoms with Crippen LogP contribution in [0.25, 0.3) is 10.9 Å². The average Bonchev–Trinajstić information content (AvgIpc) is 2.67. The summed E-state index contributed by atoms with van der Waals surface area (Å²) in [7, 11) is 1.54. The number of amides is 1. The highest BCUT2D eigenvalue weighted by atomic mass is 16.5. The van der Waals surface area contributed by atoms with Gasteiger partial charge in [-0.25, -0.2) is 0 Å². The number of benzene rings is 2. The van der Waals surface area contributed by atoms with E-state index in [1.807, 2.05) is 0 Å². The Morgan fingerprint density at radius 1 is 1.03 bits per heavy atom. The zero-order valence-electron chi connectivity index (χ0n) is 16.6. The minimum absolute atomic E-state index is 0.338. The van der Waals surface area contributed by atoms with E-state index in [1.165, 1.54) is 16.7 Å². The normalized spacial score (nSPS) is 11.3. The molecule has 0 fully saturated rings. The number of para-hydroxylation sites is 1. The van der Waals surface area contributed by atoms with Crippen LogP contribution in [-0.4, -0.2) is 21.6 Å². The topological polar surface area (TPSA) is 97.6 Å². The van der Waals surface area contributed by atoms with E-state index in [-0.39, 0.29) is 17.3 Å². The number of hydrogen-bond acceptors (Lipinski definition) is 5. The number of aromatic nitrogens is 1. The molecule has 1 amide bonds. The molecular weight excluding hydrogens is 372 g/mol. The molecule has 0 bridgehead atoms. The van der Waals surface area contributed by atoms with Gasteiger partial charge in [-0.05, 0) is 57.2 Å². The van der Waals surface area contributed by atoms with Crippen molar-refractivity contribution in [3.05, 3.63) is 64.4 Å². The predicted molar refractivity (Wildman–Crippen MR) is 110 cm³/mol. The third-order valence-corrected chi connectivity index (χ3v) is 4.44. The molecule has 0 aliphatic rings. The summed E-state index contributed by atoms with van der Waals surface area (Å²) in [6, 6.07) is 13.0. The quantitative estimate of drug-likeness (QED) is 0.524. The van der Waals surface area contributed by atoms with E-state index in [2.05, 4.69) is 5.32 Å². The van der Waals surface area contributed by atoms with Crippen LogP contribution in [0, 0.1) is 5.41 Å². The molecule has 0 aliphatic heterocycles. The first-order valence-corrected chi connectivity index (χ1v) is 9.04. The molecule has 1 aromatic heterocycles. The maximum atomic E-state index is 12.7. The Morgan fingerprint density at radius 2 is 1.66 bits per heavy atom. The molecule has 3 aromatic rings. The first-order chi connectivity index (χ1) is 13.6. The molecule has 0 saturated heterocycles. The van der Waals surface area contributed by atoms with Gasteiger partial charge in [0.1, 0.15) is 17.1 Å². The molecule has 7 heteroatoms. The molecule has 0 saturated carbocycles. The number of ether oxygens (including phenoxy) is 1. The largest absolute Gasteiger partial charge is 0.506 e. The summed E-state index contributed by atoms with van der Waals surface area (Å²) in [6.45, 7) is 5.25. The van der Waals surface area contributed by atoms with E-state index in [1.54, 1.807) is 64.2 Å². The third kappa shape index (κ3) is 3.99. The number of nitrogens with zero attached hydrogens (tertiary/aromatic N) is 1. The molecule has 0 spiro atoms. The molecule has 0 atom stereocenters. The number of carbonyl (C=O) groups excluding carboxylic acids is 2. The number of pyridine rings is 1. The summed E-state index contributed by atoms with van der Waals surface area (Å²) >= 11 is 0. The maximum Gasteiger partial charge on any atom is 0.316 e. The summed E-state index contributed by atoms with van der Waals surface area (Å²) < 4.78 is 6.60. The number of rotatable bonds is 3. The SMILES string of the molecule is Cn1c(=O)c(C(=O)Nc2ccc(OC(=O)C(C)(C)C)cc2)c(O)c2ccccc21. The van der Waals surface area contributed by atoms with Crippen molar-refractivity contribution in [3.63, 3.8) is 0 Å². The van der Waals surface area contributed by atoms with E-state index in [0.717, 1.165) is 0 Å². The Bertz CT molecular complexity index is 1150. The van der Waals surface area contributed by atoms with Gasteiger partial charge in [-0.1, -0.05) is 12.1 Å². The highest BCUT2D eigenvalue weighted by Crippen LogP contribution is 2.27. The Kier molecular flexibility index (Phi) is 5.16. The van der Waals surface area contributed by atoms with E-state index in [0.29, 0.717) is 22.3 Å². The van der Waals surface area contributed by atoms with Crippen molar-refractivity contribution in [2.24, 2.45) is 12.5 Å². The molecule has 7 nitrogen and oxygen atoms in total. The summed E-state index contributed by atoms with van der Waals surface area (Å²) in [5.74, 6) is -1.13. The van der Waals surface area contributed by atoms with Crippen molar-refractivity contribution in [2.75, 3.05) is 5.32 Å². The van der Waals surface area contributed by atoms with Crippen LogP contribution < -0.4 is 15.6 Å².